The predicted octanol–water partition coefficient (Wildman–Crippen LogP) is 6.03. The Morgan fingerprint density at radius 1 is 0.511 bits per heavy atom. The van der Waals surface area contributed by atoms with Gasteiger partial charge in [0.2, 0.25) is 0 Å². The van der Waals surface area contributed by atoms with Crippen LogP contribution in [0.25, 0.3) is 0 Å². The van der Waals surface area contributed by atoms with Crippen molar-refractivity contribution >= 4 is 46.9 Å². The number of ether oxygens (including phenoxy) is 2. The van der Waals surface area contributed by atoms with E-state index in [1.807, 2.05) is 0 Å². The normalized spacial score (nSPS) is 10.4. The second kappa shape index (κ2) is 25.3. The standard InChI is InChI=1S/2C18H26O4.Mg/c2*1-14(2)10-6-4-3-5-9-13-22-18(21)16-12-8-7-11-15(16)17(19)20;/h2*7-8,11-12,14H,3-6,9-10,13H2,1-2H3,(H,19,20);/q;;+2/p-2. The van der Waals surface area contributed by atoms with Crippen LogP contribution in [0.3, 0.4) is 0 Å². The molecule has 0 amide bonds. The van der Waals surface area contributed by atoms with Gasteiger partial charge in [0.25, 0.3) is 0 Å². The number of unbranched alkanes of at least 4 members (excludes halogenated alkanes) is 8. The molecule has 0 aromatic heterocycles. The van der Waals surface area contributed by atoms with Crippen LogP contribution in [0, 0.1) is 11.8 Å². The van der Waals surface area contributed by atoms with Crippen LogP contribution in [-0.4, -0.2) is 60.1 Å². The number of carboxylic acid groups (broad SMARTS) is 2. The van der Waals surface area contributed by atoms with Gasteiger partial charge in [0.05, 0.1) is 36.3 Å². The van der Waals surface area contributed by atoms with Gasteiger partial charge in [-0.3, -0.25) is 0 Å². The molecule has 2 aromatic carbocycles. The molecule has 0 fully saturated rings. The molecule has 2 aromatic rings. The molecule has 0 saturated carbocycles. The SMILES string of the molecule is CC(C)CCCCCCCOC(=O)c1ccccc1C(=O)[O-].CC(C)CCCCCCCOC(=O)c1ccccc1C(=O)[O-].[Mg+2]. The molecule has 8 nitrogen and oxygen atoms in total. The van der Waals surface area contributed by atoms with Crippen LogP contribution in [0.1, 0.15) is 146 Å². The summed E-state index contributed by atoms with van der Waals surface area (Å²) >= 11 is 0. The number of hydrogen-bond acceptors (Lipinski definition) is 8. The Kier molecular flexibility index (Phi) is 23.7. The second-order valence-corrected chi connectivity index (χ2v) is 11.8. The Morgan fingerprint density at radius 3 is 1.11 bits per heavy atom. The van der Waals surface area contributed by atoms with E-state index in [-0.39, 0.29) is 45.3 Å². The van der Waals surface area contributed by atoms with Crippen molar-refractivity contribution in [1.29, 1.82) is 0 Å². The third kappa shape index (κ3) is 19.3. The third-order valence-electron chi connectivity index (χ3n) is 7.05. The average Bonchev–Trinajstić information content (AvgIpc) is 2.99. The van der Waals surface area contributed by atoms with Crippen LogP contribution in [0.15, 0.2) is 48.5 Å². The Bertz CT molecular complexity index is 1060. The van der Waals surface area contributed by atoms with E-state index in [0.717, 1.165) is 50.4 Å². The summed E-state index contributed by atoms with van der Waals surface area (Å²) in [5.74, 6) is -2.41. The molecule has 0 heterocycles. The first kappa shape index (κ1) is 42.1. The molecule has 0 bridgehead atoms. The predicted molar refractivity (Wildman–Crippen MR) is 173 cm³/mol. The fourth-order valence-corrected chi connectivity index (χ4v) is 4.53. The quantitative estimate of drug-likeness (QED) is 0.0980. The number of carbonyl (C=O) groups is 4. The minimum atomic E-state index is -1.36. The third-order valence-corrected chi connectivity index (χ3v) is 7.05. The van der Waals surface area contributed by atoms with Gasteiger partial charge in [0.15, 0.2) is 0 Å². The van der Waals surface area contributed by atoms with E-state index in [2.05, 4.69) is 27.7 Å². The summed E-state index contributed by atoms with van der Waals surface area (Å²) in [6.07, 6.45) is 13.4. The van der Waals surface area contributed by atoms with Crippen LogP contribution in [-0.2, 0) is 9.47 Å². The summed E-state index contributed by atoms with van der Waals surface area (Å²) in [6, 6.07) is 11.9. The molecule has 0 saturated heterocycles. The summed E-state index contributed by atoms with van der Waals surface area (Å²) < 4.78 is 10.3. The van der Waals surface area contributed by atoms with E-state index in [1.54, 1.807) is 24.3 Å². The molecule has 0 spiro atoms. The molecule has 0 aliphatic rings. The molecule has 244 valence electrons. The van der Waals surface area contributed by atoms with Crippen LogP contribution in [0.5, 0.6) is 0 Å². The van der Waals surface area contributed by atoms with Gasteiger partial charge in [-0.1, -0.05) is 128 Å². The summed E-state index contributed by atoms with van der Waals surface area (Å²) in [6.45, 7) is 9.55. The maximum atomic E-state index is 11.9. The summed E-state index contributed by atoms with van der Waals surface area (Å²) in [4.78, 5) is 45.6. The molecule has 45 heavy (non-hydrogen) atoms. The van der Waals surface area contributed by atoms with Crippen molar-refractivity contribution in [3.8, 4) is 0 Å². The number of hydrogen-bond donors (Lipinski definition) is 0. The number of carboxylic acids is 2. The fraction of sp³-hybridized carbons (Fsp3) is 0.556. The van der Waals surface area contributed by atoms with E-state index < -0.39 is 23.9 Å². The Hall–Kier alpha value is -2.91. The fourth-order valence-electron chi connectivity index (χ4n) is 4.53. The molecule has 0 unspecified atom stereocenters. The van der Waals surface area contributed by atoms with E-state index in [4.69, 9.17) is 9.47 Å². The Labute approximate surface area is 285 Å². The van der Waals surface area contributed by atoms with Gasteiger partial charge < -0.3 is 29.3 Å². The maximum Gasteiger partial charge on any atom is 2.00 e. The number of aromatic carboxylic acids is 2. The van der Waals surface area contributed by atoms with Crippen molar-refractivity contribution < 1.29 is 38.9 Å². The molecule has 0 radical (unpaired) electrons. The second-order valence-electron chi connectivity index (χ2n) is 11.8. The number of esters is 2. The van der Waals surface area contributed by atoms with Gasteiger partial charge >= 0.3 is 35.0 Å². The van der Waals surface area contributed by atoms with E-state index in [9.17, 15) is 29.4 Å². The van der Waals surface area contributed by atoms with Gasteiger partial charge in [0, 0.05) is 11.1 Å². The molecule has 2 rings (SSSR count). The summed E-state index contributed by atoms with van der Waals surface area (Å²) in [5.41, 5.74) is -0.138. The zero-order chi connectivity index (χ0) is 32.7. The minimum absolute atomic E-state index is 0. The van der Waals surface area contributed by atoms with Crippen molar-refractivity contribution in [2.45, 2.75) is 105 Å². The van der Waals surface area contributed by atoms with Crippen molar-refractivity contribution in [1.82, 2.24) is 0 Å². The van der Waals surface area contributed by atoms with Crippen LogP contribution < -0.4 is 10.2 Å². The van der Waals surface area contributed by atoms with Gasteiger partial charge in [-0.25, -0.2) is 9.59 Å². The number of benzene rings is 2. The first-order valence-corrected chi connectivity index (χ1v) is 16.0. The zero-order valence-corrected chi connectivity index (χ0v) is 29.1. The maximum absolute atomic E-state index is 11.9. The smallest absolute Gasteiger partial charge is 0.545 e. The molecule has 0 atom stereocenters. The molecule has 0 N–H and O–H groups in total. The van der Waals surface area contributed by atoms with Gasteiger partial charge in [0.1, 0.15) is 0 Å². The molecular formula is C36H50MgO8. The van der Waals surface area contributed by atoms with E-state index >= 15 is 0 Å². The van der Waals surface area contributed by atoms with E-state index in [1.165, 1.54) is 62.8 Å². The minimum Gasteiger partial charge on any atom is -0.545 e. The Balaban J connectivity index is 0.000000842. The molecular weight excluding hydrogens is 585 g/mol. The van der Waals surface area contributed by atoms with Crippen LogP contribution >= 0.6 is 0 Å². The first-order chi connectivity index (χ1) is 21.0. The largest absolute Gasteiger partial charge is 2.00 e. The Morgan fingerprint density at radius 2 is 0.800 bits per heavy atom. The summed E-state index contributed by atoms with van der Waals surface area (Å²) in [5, 5.41) is 21.9. The number of rotatable bonds is 20. The summed E-state index contributed by atoms with van der Waals surface area (Å²) in [7, 11) is 0. The van der Waals surface area contributed by atoms with Crippen molar-refractivity contribution in [2.24, 2.45) is 11.8 Å². The zero-order valence-electron chi connectivity index (χ0n) is 27.6. The molecule has 9 heteroatoms. The number of carbonyl (C=O) groups excluding carboxylic acids is 4. The average molecular weight is 635 g/mol. The van der Waals surface area contributed by atoms with Crippen molar-refractivity contribution in [3.05, 3.63) is 70.8 Å². The van der Waals surface area contributed by atoms with Gasteiger partial charge in [-0.2, -0.15) is 0 Å². The van der Waals surface area contributed by atoms with Crippen LogP contribution in [0.2, 0.25) is 0 Å². The van der Waals surface area contributed by atoms with Crippen molar-refractivity contribution in [3.63, 3.8) is 0 Å². The molecule has 0 aliphatic carbocycles. The molecule has 0 aliphatic heterocycles. The first-order valence-electron chi connectivity index (χ1n) is 16.0. The topological polar surface area (TPSA) is 133 Å². The van der Waals surface area contributed by atoms with Gasteiger partial charge in [-0.15, -0.1) is 0 Å². The van der Waals surface area contributed by atoms with Crippen molar-refractivity contribution in [2.75, 3.05) is 13.2 Å². The van der Waals surface area contributed by atoms with Crippen LogP contribution in [0.4, 0.5) is 0 Å². The van der Waals surface area contributed by atoms with Gasteiger partial charge in [-0.05, 0) is 36.8 Å². The monoisotopic (exact) mass is 634 g/mol. The van der Waals surface area contributed by atoms with E-state index in [0.29, 0.717) is 13.2 Å².